The van der Waals surface area contributed by atoms with E-state index < -0.39 is 0 Å². The van der Waals surface area contributed by atoms with Crippen molar-refractivity contribution in [2.24, 2.45) is 10.8 Å². The van der Waals surface area contributed by atoms with Crippen molar-refractivity contribution in [1.82, 2.24) is 15.0 Å². The molecule has 0 spiro atoms. The van der Waals surface area contributed by atoms with Crippen LogP contribution in [-0.2, 0) is 0 Å². The molecule has 0 amide bonds. The number of benzene rings is 1. The molecule has 5 heteroatoms. The molecule has 2 fully saturated rings. The molecule has 1 aromatic carbocycles. The average molecular weight is 364 g/mol. The van der Waals surface area contributed by atoms with E-state index >= 15 is 0 Å². The molecular weight excluding hydrogens is 336 g/mol. The van der Waals surface area contributed by atoms with E-state index in [0.717, 1.165) is 40.0 Å². The molecule has 3 aromatic rings. The van der Waals surface area contributed by atoms with Crippen molar-refractivity contribution >= 4 is 27.8 Å². The van der Waals surface area contributed by atoms with Crippen LogP contribution < -0.4 is 9.64 Å². The molecular formula is C22H28N4O. The van der Waals surface area contributed by atoms with Gasteiger partial charge < -0.3 is 14.6 Å². The van der Waals surface area contributed by atoms with Crippen molar-refractivity contribution in [2.45, 2.75) is 53.0 Å². The Labute approximate surface area is 160 Å². The molecule has 1 N–H and O–H groups in total. The minimum absolute atomic E-state index is 0.373. The number of fused-ring (bicyclic) bond motifs is 5. The van der Waals surface area contributed by atoms with Crippen LogP contribution in [0.25, 0.3) is 21.9 Å². The second-order valence-corrected chi connectivity index (χ2v) is 9.53. The van der Waals surface area contributed by atoms with Crippen LogP contribution in [-0.4, -0.2) is 34.1 Å². The summed E-state index contributed by atoms with van der Waals surface area (Å²) >= 11 is 0. The zero-order valence-corrected chi connectivity index (χ0v) is 16.7. The van der Waals surface area contributed by atoms with Gasteiger partial charge in [-0.1, -0.05) is 20.8 Å². The van der Waals surface area contributed by atoms with Crippen LogP contribution in [0.1, 0.15) is 47.0 Å². The summed E-state index contributed by atoms with van der Waals surface area (Å²) in [6.45, 7) is 11.0. The topological polar surface area (TPSA) is 54.0 Å². The van der Waals surface area contributed by atoms with E-state index in [1.807, 2.05) is 13.0 Å². The number of ether oxygens (including phenoxy) is 1. The summed E-state index contributed by atoms with van der Waals surface area (Å²) in [5.41, 5.74) is 3.89. The van der Waals surface area contributed by atoms with Gasteiger partial charge >= 0.3 is 0 Å². The van der Waals surface area contributed by atoms with Gasteiger partial charge in [-0.2, -0.15) is 0 Å². The highest BCUT2D eigenvalue weighted by molar-refractivity contribution is 6.08. The summed E-state index contributed by atoms with van der Waals surface area (Å²) in [6, 6.07) is 6.74. The van der Waals surface area contributed by atoms with Crippen molar-refractivity contribution in [3.63, 3.8) is 0 Å². The first-order valence-electron chi connectivity index (χ1n) is 10.0. The average Bonchev–Trinajstić information content (AvgIpc) is 3.08. The fraction of sp³-hybridized carbons (Fsp3) is 0.545. The van der Waals surface area contributed by atoms with E-state index in [9.17, 15) is 0 Å². The molecule has 0 unspecified atom stereocenters. The first kappa shape index (κ1) is 16.8. The zero-order valence-electron chi connectivity index (χ0n) is 16.7. The van der Waals surface area contributed by atoms with E-state index in [1.165, 1.54) is 19.3 Å². The lowest BCUT2D eigenvalue weighted by atomic mass is 9.65. The second-order valence-electron chi connectivity index (χ2n) is 9.53. The molecule has 3 heterocycles. The minimum Gasteiger partial charge on any atom is -0.494 e. The minimum atomic E-state index is 0.373. The SMILES string of the molecule is CCOc1ccc2[nH]c3c(N4C[C@@]5(C)C[C@@H]4CC(C)(C)C5)ncnc3c2c1. The van der Waals surface area contributed by atoms with Crippen LogP contribution in [0.3, 0.4) is 0 Å². The van der Waals surface area contributed by atoms with Crippen LogP contribution in [0, 0.1) is 10.8 Å². The maximum Gasteiger partial charge on any atom is 0.156 e. The third-order valence-electron chi connectivity index (χ3n) is 6.33. The predicted molar refractivity (Wildman–Crippen MR) is 109 cm³/mol. The van der Waals surface area contributed by atoms with E-state index in [4.69, 9.17) is 9.72 Å². The first-order valence-corrected chi connectivity index (χ1v) is 10.0. The molecule has 2 bridgehead atoms. The number of nitrogens with zero attached hydrogens (tertiary/aromatic N) is 3. The van der Waals surface area contributed by atoms with Crippen molar-refractivity contribution in [3.8, 4) is 5.75 Å². The molecule has 2 aromatic heterocycles. The first-order chi connectivity index (χ1) is 12.9. The quantitative estimate of drug-likeness (QED) is 0.717. The van der Waals surface area contributed by atoms with Gasteiger partial charge in [-0.25, -0.2) is 9.97 Å². The molecule has 5 rings (SSSR count). The summed E-state index contributed by atoms with van der Waals surface area (Å²) in [5, 5.41) is 1.10. The molecule has 2 atom stereocenters. The molecule has 2 aliphatic rings. The number of aromatic amines is 1. The van der Waals surface area contributed by atoms with Gasteiger partial charge in [-0.15, -0.1) is 0 Å². The fourth-order valence-corrected chi connectivity index (χ4v) is 5.84. The number of nitrogens with one attached hydrogen (secondary N) is 1. The summed E-state index contributed by atoms with van der Waals surface area (Å²) in [5.74, 6) is 1.94. The Balaban J connectivity index is 1.63. The number of hydrogen-bond donors (Lipinski definition) is 1. The van der Waals surface area contributed by atoms with E-state index in [0.29, 0.717) is 23.5 Å². The number of H-pyrrole nitrogens is 1. The summed E-state index contributed by atoms with van der Waals surface area (Å²) < 4.78 is 5.69. The van der Waals surface area contributed by atoms with Crippen molar-refractivity contribution in [3.05, 3.63) is 24.5 Å². The number of rotatable bonds is 3. The van der Waals surface area contributed by atoms with Crippen LogP contribution in [0.4, 0.5) is 5.82 Å². The molecule has 1 aliphatic carbocycles. The number of hydrogen-bond acceptors (Lipinski definition) is 4. The lowest BCUT2D eigenvalue weighted by molar-refractivity contribution is 0.136. The van der Waals surface area contributed by atoms with Gasteiger partial charge in [0.1, 0.15) is 23.1 Å². The van der Waals surface area contributed by atoms with Gasteiger partial charge in [0.15, 0.2) is 5.82 Å². The standard InChI is InChI=1S/C22H28N4O/c1-5-27-15-6-7-17-16(8-15)18-19(25-17)20(24-13-23-18)26-12-22(4)10-14(26)9-21(2,3)11-22/h6-8,13-14,25H,5,9-12H2,1-4H3/t14-,22-/m0/s1. The largest absolute Gasteiger partial charge is 0.494 e. The maximum atomic E-state index is 5.69. The van der Waals surface area contributed by atoms with Gasteiger partial charge in [-0.05, 0) is 55.2 Å². The lowest BCUT2D eigenvalue weighted by Crippen LogP contribution is -2.35. The molecule has 0 radical (unpaired) electrons. The maximum absolute atomic E-state index is 5.69. The highest BCUT2D eigenvalue weighted by atomic mass is 16.5. The summed E-state index contributed by atoms with van der Waals surface area (Å²) in [6.07, 6.45) is 5.49. The van der Waals surface area contributed by atoms with E-state index in [2.05, 4.69) is 47.8 Å². The molecule has 1 aliphatic heterocycles. The molecule has 1 saturated heterocycles. The van der Waals surface area contributed by atoms with Crippen LogP contribution in [0.5, 0.6) is 5.75 Å². The Hall–Kier alpha value is -2.30. The fourth-order valence-electron chi connectivity index (χ4n) is 5.84. The van der Waals surface area contributed by atoms with Crippen molar-refractivity contribution in [1.29, 1.82) is 0 Å². The van der Waals surface area contributed by atoms with Crippen LogP contribution in [0.2, 0.25) is 0 Å². The Morgan fingerprint density at radius 1 is 1.22 bits per heavy atom. The predicted octanol–water partition coefficient (Wildman–Crippen LogP) is 4.91. The van der Waals surface area contributed by atoms with Gasteiger partial charge in [0.05, 0.1) is 6.61 Å². The van der Waals surface area contributed by atoms with E-state index in [1.54, 1.807) is 6.33 Å². The van der Waals surface area contributed by atoms with Crippen LogP contribution >= 0.6 is 0 Å². The third kappa shape index (κ3) is 2.67. The Morgan fingerprint density at radius 2 is 2.07 bits per heavy atom. The highest BCUT2D eigenvalue weighted by Crippen LogP contribution is 2.53. The molecule has 5 nitrogen and oxygen atoms in total. The van der Waals surface area contributed by atoms with Crippen molar-refractivity contribution in [2.75, 3.05) is 18.1 Å². The molecule has 27 heavy (non-hydrogen) atoms. The smallest absolute Gasteiger partial charge is 0.156 e. The normalized spacial score (nSPS) is 26.8. The second kappa shape index (κ2) is 5.60. The Kier molecular flexibility index (Phi) is 3.49. The number of aromatic nitrogens is 3. The zero-order chi connectivity index (χ0) is 18.8. The third-order valence-corrected chi connectivity index (χ3v) is 6.33. The van der Waals surface area contributed by atoms with Gasteiger partial charge in [-0.3, -0.25) is 0 Å². The Morgan fingerprint density at radius 3 is 2.89 bits per heavy atom. The van der Waals surface area contributed by atoms with Crippen LogP contribution in [0.15, 0.2) is 24.5 Å². The van der Waals surface area contributed by atoms with E-state index in [-0.39, 0.29) is 0 Å². The summed E-state index contributed by atoms with van der Waals surface area (Å²) in [4.78, 5) is 15.5. The van der Waals surface area contributed by atoms with Gasteiger partial charge in [0.2, 0.25) is 0 Å². The highest BCUT2D eigenvalue weighted by Gasteiger charge is 2.50. The summed E-state index contributed by atoms with van der Waals surface area (Å²) in [7, 11) is 0. The van der Waals surface area contributed by atoms with Gasteiger partial charge in [0.25, 0.3) is 0 Å². The molecule has 1 saturated carbocycles. The lowest BCUT2D eigenvalue weighted by Gasteiger charge is -2.39. The number of anilines is 1. The monoisotopic (exact) mass is 364 g/mol. The van der Waals surface area contributed by atoms with Crippen molar-refractivity contribution < 1.29 is 4.74 Å². The molecule has 142 valence electrons. The van der Waals surface area contributed by atoms with Gasteiger partial charge in [0, 0.05) is 23.5 Å². The Bertz CT molecular complexity index is 1020.